The highest BCUT2D eigenvalue weighted by molar-refractivity contribution is 6.32. The van der Waals surface area contributed by atoms with Crippen LogP contribution in [0.3, 0.4) is 0 Å². The van der Waals surface area contributed by atoms with Gasteiger partial charge in [0, 0.05) is 10.7 Å². The van der Waals surface area contributed by atoms with E-state index in [2.05, 4.69) is 0 Å². The first-order valence-electron chi connectivity index (χ1n) is 6.70. The Morgan fingerprint density at radius 2 is 1.95 bits per heavy atom. The summed E-state index contributed by atoms with van der Waals surface area (Å²) in [6.07, 6.45) is 0. The maximum Gasteiger partial charge on any atom is 0.247 e. The standard InChI is InChI=1S/C16H14Cl2N2O2/c1-22-13-6-5-11(8-12(13)18)20-15(14(19)16(20)21)9-3-2-4-10(17)7-9/h2-8,14-15H,19H2,1H3/t14-,15-/m1/s1. The lowest BCUT2D eigenvalue weighted by Crippen LogP contribution is -2.63. The van der Waals surface area contributed by atoms with Gasteiger partial charge in [0.2, 0.25) is 5.91 Å². The molecule has 0 aromatic heterocycles. The number of ether oxygens (including phenoxy) is 1. The van der Waals surface area contributed by atoms with Crippen LogP contribution in [-0.2, 0) is 4.79 Å². The average Bonchev–Trinajstić information content (AvgIpc) is 2.51. The van der Waals surface area contributed by atoms with Crippen molar-refractivity contribution in [1.82, 2.24) is 0 Å². The molecule has 1 aliphatic heterocycles. The Kier molecular flexibility index (Phi) is 4.00. The van der Waals surface area contributed by atoms with E-state index >= 15 is 0 Å². The van der Waals surface area contributed by atoms with Gasteiger partial charge in [-0.2, -0.15) is 0 Å². The zero-order chi connectivity index (χ0) is 15.9. The Labute approximate surface area is 138 Å². The predicted octanol–water partition coefficient (Wildman–Crippen LogP) is 3.42. The van der Waals surface area contributed by atoms with Crippen molar-refractivity contribution in [1.29, 1.82) is 0 Å². The molecular weight excluding hydrogens is 323 g/mol. The topological polar surface area (TPSA) is 55.6 Å². The molecule has 2 aromatic rings. The fourth-order valence-corrected chi connectivity index (χ4v) is 3.10. The molecule has 0 aliphatic carbocycles. The highest BCUT2D eigenvalue weighted by Gasteiger charge is 2.46. The van der Waals surface area contributed by atoms with E-state index in [0.29, 0.717) is 21.5 Å². The van der Waals surface area contributed by atoms with Crippen molar-refractivity contribution in [2.75, 3.05) is 12.0 Å². The van der Waals surface area contributed by atoms with Gasteiger partial charge in [-0.3, -0.25) is 4.79 Å². The van der Waals surface area contributed by atoms with Gasteiger partial charge in [-0.1, -0.05) is 35.3 Å². The molecule has 2 aromatic carbocycles. The predicted molar refractivity (Wildman–Crippen MR) is 87.7 cm³/mol. The summed E-state index contributed by atoms with van der Waals surface area (Å²) < 4.78 is 5.13. The number of β-lactam (4-membered cyclic amide) rings is 1. The van der Waals surface area contributed by atoms with Crippen LogP contribution in [0, 0.1) is 0 Å². The van der Waals surface area contributed by atoms with Crippen molar-refractivity contribution in [2.45, 2.75) is 12.1 Å². The summed E-state index contributed by atoms with van der Waals surface area (Å²) in [7, 11) is 1.54. The fraction of sp³-hybridized carbons (Fsp3) is 0.188. The Balaban J connectivity index is 1.98. The summed E-state index contributed by atoms with van der Waals surface area (Å²) in [5.41, 5.74) is 7.56. The molecule has 1 heterocycles. The van der Waals surface area contributed by atoms with Gasteiger partial charge in [0.15, 0.2) is 0 Å². The normalized spacial score (nSPS) is 20.7. The van der Waals surface area contributed by atoms with Crippen molar-refractivity contribution in [3.8, 4) is 5.75 Å². The van der Waals surface area contributed by atoms with Crippen molar-refractivity contribution < 1.29 is 9.53 Å². The largest absolute Gasteiger partial charge is 0.495 e. The van der Waals surface area contributed by atoms with Crippen molar-refractivity contribution in [3.63, 3.8) is 0 Å². The molecule has 1 fully saturated rings. The van der Waals surface area contributed by atoms with Crippen LogP contribution in [0.25, 0.3) is 0 Å². The molecule has 1 amide bonds. The summed E-state index contributed by atoms with van der Waals surface area (Å²) in [5.74, 6) is 0.410. The molecular formula is C16H14Cl2N2O2. The third-order valence-electron chi connectivity index (χ3n) is 3.74. The van der Waals surface area contributed by atoms with Gasteiger partial charge < -0.3 is 15.4 Å². The molecule has 1 aliphatic rings. The first-order chi connectivity index (χ1) is 10.5. The lowest BCUT2D eigenvalue weighted by Gasteiger charge is -2.45. The van der Waals surface area contributed by atoms with Crippen LogP contribution in [0.2, 0.25) is 10.0 Å². The van der Waals surface area contributed by atoms with Gasteiger partial charge in [0.1, 0.15) is 11.8 Å². The summed E-state index contributed by atoms with van der Waals surface area (Å²) in [4.78, 5) is 13.8. The number of carbonyl (C=O) groups excluding carboxylic acids is 1. The van der Waals surface area contributed by atoms with Crippen LogP contribution < -0.4 is 15.4 Å². The summed E-state index contributed by atoms with van der Waals surface area (Å²) >= 11 is 12.2. The zero-order valence-corrected chi connectivity index (χ0v) is 13.3. The van der Waals surface area contributed by atoms with Crippen molar-refractivity contribution in [3.05, 3.63) is 58.1 Å². The van der Waals surface area contributed by atoms with E-state index in [9.17, 15) is 4.79 Å². The third-order valence-corrected chi connectivity index (χ3v) is 4.28. The van der Waals surface area contributed by atoms with Gasteiger partial charge >= 0.3 is 0 Å². The number of benzene rings is 2. The number of amides is 1. The van der Waals surface area contributed by atoms with Crippen LogP contribution in [-0.4, -0.2) is 19.1 Å². The molecule has 2 atom stereocenters. The van der Waals surface area contributed by atoms with Gasteiger partial charge in [-0.05, 0) is 35.9 Å². The van der Waals surface area contributed by atoms with Gasteiger partial charge in [-0.15, -0.1) is 0 Å². The number of halogens is 2. The van der Waals surface area contributed by atoms with E-state index in [1.54, 1.807) is 36.3 Å². The summed E-state index contributed by atoms with van der Waals surface area (Å²) in [6, 6.07) is 11.7. The first kappa shape index (κ1) is 15.2. The second-order valence-electron chi connectivity index (χ2n) is 5.05. The summed E-state index contributed by atoms with van der Waals surface area (Å²) in [5, 5.41) is 1.05. The molecule has 0 spiro atoms. The number of methoxy groups -OCH3 is 1. The van der Waals surface area contributed by atoms with E-state index in [1.807, 2.05) is 18.2 Å². The minimum absolute atomic E-state index is 0.147. The fourth-order valence-electron chi connectivity index (χ4n) is 2.65. The number of hydrogen-bond acceptors (Lipinski definition) is 3. The van der Waals surface area contributed by atoms with E-state index in [0.717, 1.165) is 5.56 Å². The van der Waals surface area contributed by atoms with E-state index in [1.165, 1.54) is 0 Å². The Bertz CT molecular complexity index is 736. The molecule has 0 unspecified atom stereocenters. The minimum Gasteiger partial charge on any atom is -0.495 e. The SMILES string of the molecule is COc1ccc(N2C(=O)[C@H](N)[C@H]2c2cccc(Cl)c2)cc1Cl. The monoisotopic (exact) mass is 336 g/mol. The van der Waals surface area contributed by atoms with Crippen LogP contribution in [0.5, 0.6) is 5.75 Å². The highest BCUT2D eigenvalue weighted by Crippen LogP contribution is 2.40. The molecule has 0 bridgehead atoms. The molecule has 0 radical (unpaired) electrons. The summed E-state index contributed by atoms with van der Waals surface area (Å²) in [6.45, 7) is 0. The quantitative estimate of drug-likeness (QED) is 0.873. The molecule has 2 N–H and O–H groups in total. The molecule has 1 saturated heterocycles. The van der Waals surface area contributed by atoms with Crippen LogP contribution in [0.1, 0.15) is 11.6 Å². The Morgan fingerprint density at radius 3 is 2.59 bits per heavy atom. The highest BCUT2D eigenvalue weighted by atomic mass is 35.5. The molecule has 4 nitrogen and oxygen atoms in total. The maximum absolute atomic E-state index is 12.2. The molecule has 22 heavy (non-hydrogen) atoms. The number of anilines is 1. The van der Waals surface area contributed by atoms with Crippen molar-refractivity contribution in [2.24, 2.45) is 5.73 Å². The Hall–Kier alpha value is -1.75. The molecule has 3 rings (SSSR count). The van der Waals surface area contributed by atoms with Gasteiger partial charge in [0.05, 0.1) is 18.2 Å². The number of hydrogen-bond donors (Lipinski definition) is 1. The van der Waals surface area contributed by atoms with E-state index in [-0.39, 0.29) is 11.9 Å². The first-order valence-corrected chi connectivity index (χ1v) is 7.46. The van der Waals surface area contributed by atoms with Gasteiger partial charge in [0.25, 0.3) is 0 Å². The van der Waals surface area contributed by atoms with Crippen LogP contribution in [0.15, 0.2) is 42.5 Å². The molecule has 114 valence electrons. The van der Waals surface area contributed by atoms with E-state index in [4.69, 9.17) is 33.7 Å². The van der Waals surface area contributed by atoms with Gasteiger partial charge in [-0.25, -0.2) is 0 Å². The smallest absolute Gasteiger partial charge is 0.247 e. The number of rotatable bonds is 3. The van der Waals surface area contributed by atoms with Crippen LogP contribution >= 0.6 is 23.2 Å². The second kappa shape index (κ2) is 5.80. The zero-order valence-electron chi connectivity index (χ0n) is 11.8. The number of nitrogens with two attached hydrogens (primary N) is 1. The lowest BCUT2D eigenvalue weighted by molar-refractivity contribution is -0.126. The average molecular weight is 337 g/mol. The second-order valence-corrected chi connectivity index (χ2v) is 5.90. The third kappa shape index (κ3) is 2.43. The van der Waals surface area contributed by atoms with Crippen LogP contribution in [0.4, 0.5) is 5.69 Å². The maximum atomic E-state index is 12.2. The minimum atomic E-state index is -0.584. The molecule has 0 saturated carbocycles. The van der Waals surface area contributed by atoms with E-state index < -0.39 is 6.04 Å². The molecule has 6 heteroatoms. The van der Waals surface area contributed by atoms with Crippen molar-refractivity contribution >= 4 is 34.8 Å². The number of carbonyl (C=O) groups is 1. The number of nitrogens with zero attached hydrogens (tertiary/aromatic N) is 1. The Morgan fingerprint density at radius 1 is 1.18 bits per heavy atom. The lowest BCUT2D eigenvalue weighted by atomic mass is 9.88.